The van der Waals surface area contributed by atoms with Gasteiger partial charge in [-0.1, -0.05) is 6.07 Å². The van der Waals surface area contributed by atoms with Crippen LogP contribution in [0.25, 0.3) is 0 Å². The zero-order chi connectivity index (χ0) is 10.6. The van der Waals surface area contributed by atoms with Crippen LogP contribution < -0.4 is 4.74 Å². The zero-order valence-electron chi connectivity index (χ0n) is 7.29. The van der Waals surface area contributed by atoms with E-state index in [1.54, 1.807) is 12.3 Å². The maximum Gasteiger partial charge on any atom is 0.292 e. The second-order valence-electron chi connectivity index (χ2n) is 2.50. The molecule has 0 saturated carbocycles. The lowest BCUT2D eigenvalue weighted by molar-refractivity contribution is 0.503. The van der Waals surface area contributed by atoms with Gasteiger partial charge in [0.2, 0.25) is 0 Å². The molecular weight excluding hydrogens is 312 g/mol. The molecule has 0 unspecified atom stereocenters. The van der Waals surface area contributed by atoms with E-state index in [1.807, 2.05) is 19.1 Å². The Morgan fingerprint density at radius 1 is 1.50 bits per heavy atom. The predicted octanol–water partition coefficient (Wildman–Crippen LogP) is 3.63. The fourth-order valence-corrected chi connectivity index (χ4v) is 1.32. The van der Waals surface area contributed by atoms with Crippen molar-refractivity contribution in [2.24, 2.45) is 4.99 Å². The summed E-state index contributed by atoms with van der Waals surface area (Å²) in [6.45, 7) is 1.86. The maximum atomic E-state index is 8.39. The summed E-state index contributed by atoms with van der Waals surface area (Å²) < 4.78 is 5.36. The summed E-state index contributed by atoms with van der Waals surface area (Å²) in [7, 11) is 0. The molecule has 0 aromatic heterocycles. The van der Waals surface area contributed by atoms with Crippen LogP contribution in [0, 0.1) is 18.4 Å². The fraction of sp³-hybridized carbons (Fsp3) is 0.111. The lowest BCUT2D eigenvalue weighted by Crippen LogP contribution is -1.85. The van der Waals surface area contributed by atoms with E-state index in [9.17, 15) is 0 Å². The number of hydrogen-bond acceptors (Lipinski definition) is 3. The first-order chi connectivity index (χ1) is 6.63. The molecule has 0 aliphatic rings. The third-order valence-corrected chi connectivity index (χ3v) is 1.90. The van der Waals surface area contributed by atoms with Gasteiger partial charge in [0.05, 0.1) is 5.69 Å². The van der Waals surface area contributed by atoms with Crippen LogP contribution in [0.2, 0.25) is 0 Å². The number of benzene rings is 1. The number of ether oxygens (including phenoxy) is 1. The average Bonchev–Trinajstić information content (AvgIpc) is 2.10. The smallest absolute Gasteiger partial charge is 0.292 e. The molecule has 72 valence electrons. The van der Waals surface area contributed by atoms with Crippen molar-refractivity contribution in [1.82, 2.24) is 0 Å². The van der Waals surface area contributed by atoms with Gasteiger partial charge >= 0.3 is 0 Å². The minimum atomic E-state index is 0.523. The normalized spacial score (nSPS) is 9.00. The van der Waals surface area contributed by atoms with Crippen molar-refractivity contribution in [2.45, 2.75) is 6.92 Å². The molecule has 0 bridgehead atoms. The first-order valence-corrected chi connectivity index (χ1v) is 5.28. The van der Waals surface area contributed by atoms with Crippen molar-refractivity contribution < 1.29 is 4.74 Å². The maximum absolute atomic E-state index is 8.39. The molecule has 0 amide bonds. The van der Waals surface area contributed by atoms with E-state index in [0.29, 0.717) is 15.0 Å². The molecule has 0 N–H and O–H groups in total. The van der Waals surface area contributed by atoms with Gasteiger partial charge in [-0.25, -0.2) is 4.99 Å². The molecule has 0 aliphatic carbocycles. The molecule has 0 atom stereocenters. The van der Waals surface area contributed by atoms with Crippen LogP contribution in [0.1, 0.15) is 5.56 Å². The van der Waals surface area contributed by atoms with Crippen LogP contribution in [0.3, 0.4) is 0 Å². The third-order valence-electron chi connectivity index (χ3n) is 1.54. The van der Waals surface area contributed by atoms with Crippen LogP contribution >= 0.6 is 31.9 Å². The number of nitriles is 1. The highest BCUT2D eigenvalue weighted by molar-refractivity contribution is 9.39. The molecular formula is C9H6Br2N2O. The van der Waals surface area contributed by atoms with Gasteiger partial charge in [0, 0.05) is 6.07 Å². The van der Waals surface area contributed by atoms with Crippen LogP contribution in [0.5, 0.6) is 5.75 Å². The summed E-state index contributed by atoms with van der Waals surface area (Å²) in [5, 5.41) is 8.39. The van der Waals surface area contributed by atoms with E-state index in [1.165, 1.54) is 0 Å². The molecule has 0 saturated heterocycles. The highest BCUT2D eigenvalue weighted by Gasteiger charge is 2.01. The first kappa shape index (κ1) is 11.2. The Balaban J connectivity index is 3.07. The molecule has 5 heteroatoms. The van der Waals surface area contributed by atoms with E-state index in [0.717, 1.165) is 5.56 Å². The molecule has 3 nitrogen and oxygen atoms in total. The second-order valence-corrected chi connectivity index (χ2v) is 5.06. The van der Waals surface area contributed by atoms with Crippen molar-refractivity contribution >= 4 is 41.1 Å². The quantitative estimate of drug-likeness (QED) is 0.617. The van der Waals surface area contributed by atoms with E-state index >= 15 is 0 Å². The molecule has 0 spiro atoms. The molecule has 0 aliphatic heterocycles. The Morgan fingerprint density at radius 3 is 2.79 bits per heavy atom. The highest BCUT2D eigenvalue weighted by atomic mass is 79.9. The number of aliphatic imine (C=N–C) groups is 1. The van der Waals surface area contributed by atoms with Gasteiger partial charge in [0.15, 0.2) is 0 Å². The van der Waals surface area contributed by atoms with Crippen molar-refractivity contribution in [3.05, 3.63) is 23.8 Å². The SMILES string of the molecule is Cc1ccc(N=C(Br)Br)cc1OC#N. The summed E-state index contributed by atoms with van der Waals surface area (Å²) in [6.07, 6.45) is 1.63. The van der Waals surface area contributed by atoms with Gasteiger partial charge in [-0.2, -0.15) is 0 Å². The molecule has 0 radical (unpaired) electrons. The van der Waals surface area contributed by atoms with Gasteiger partial charge < -0.3 is 4.74 Å². The van der Waals surface area contributed by atoms with Crippen LogP contribution in [-0.2, 0) is 0 Å². The Morgan fingerprint density at radius 2 is 2.21 bits per heavy atom. The second kappa shape index (κ2) is 5.13. The van der Waals surface area contributed by atoms with Crippen LogP contribution in [-0.4, -0.2) is 3.53 Å². The van der Waals surface area contributed by atoms with Gasteiger partial charge in [0.1, 0.15) is 9.28 Å². The van der Waals surface area contributed by atoms with E-state index in [2.05, 4.69) is 36.9 Å². The Bertz CT molecular complexity index is 406. The lowest BCUT2D eigenvalue weighted by atomic mass is 10.2. The van der Waals surface area contributed by atoms with Crippen LogP contribution in [0.15, 0.2) is 23.2 Å². The molecule has 14 heavy (non-hydrogen) atoms. The van der Waals surface area contributed by atoms with Crippen molar-refractivity contribution in [3.8, 4) is 12.0 Å². The largest absolute Gasteiger partial charge is 0.388 e. The molecule has 1 aromatic rings. The predicted molar refractivity (Wildman–Crippen MR) is 62.4 cm³/mol. The number of halogens is 2. The summed E-state index contributed by atoms with van der Waals surface area (Å²) in [6, 6.07) is 5.37. The average molecular weight is 318 g/mol. The third kappa shape index (κ3) is 3.13. The number of rotatable bonds is 2. The standard InChI is InChI=1S/C9H6Br2N2O/c1-6-2-3-7(13-9(10)11)4-8(6)14-5-12/h2-4H,1H3. The number of hydrogen-bond donors (Lipinski definition) is 0. The topological polar surface area (TPSA) is 45.4 Å². The Hall–Kier alpha value is -0.860. The van der Waals surface area contributed by atoms with Gasteiger partial charge in [-0.3, -0.25) is 0 Å². The van der Waals surface area contributed by atoms with Crippen molar-refractivity contribution in [3.63, 3.8) is 0 Å². The minimum Gasteiger partial charge on any atom is -0.388 e. The minimum absolute atomic E-state index is 0.523. The number of aryl methyl sites for hydroxylation is 1. The van der Waals surface area contributed by atoms with Crippen molar-refractivity contribution in [1.29, 1.82) is 5.26 Å². The van der Waals surface area contributed by atoms with E-state index < -0.39 is 0 Å². The number of nitrogens with zero attached hydrogens (tertiary/aromatic N) is 2. The summed E-state index contributed by atoms with van der Waals surface area (Å²) in [4.78, 5) is 4.10. The molecule has 0 heterocycles. The van der Waals surface area contributed by atoms with Gasteiger partial charge in [0.25, 0.3) is 6.26 Å². The zero-order valence-corrected chi connectivity index (χ0v) is 10.5. The van der Waals surface area contributed by atoms with Gasteiger partial charge in [-0.15, -0.1) is 5.26 Å². The Labute approximate surface area is 98.7 Å². The van der Waals surface area contributed by atoms with E-state index in [4.69, 9.17) is 10.00 Å². The molecule has 0 fully saturated rings. The molecule has 1 rings (SSSR count). The van der Waals surface area contributed by atoms with Gasteiger partial charge in [-0.05, 0) is 50.4 Å². The van der Waals surface area contributed by atoms with Crippen molar-refractivity contribution in [2.75, 3.05) is 0 Å². The fourth-order valence-electron chi connectivity index (χ4n) is 0.915. The first-order valence-electron chi connectivity index (χ1n) is 3.70. The van der Waals surface area contributed by atoms with E-state index in [-0.39, 0.29) is 0 Å². The highest BCUT2D eigenvalue weighted by Crippen LogP contribution is 2.25. The lowest BCUT2D eigenvalue weighted by Gasteiger charge is -2.01. The molecule has 1 aromatic carbocycles. The summed E-state index contributed by atoms with van der Waals surface area (Å²) in [5.41, 5.74) is 1.61. The Kier molecular flexibility index (Phi) is 4.11. The monoisotopic (exact) mass is 316 g/mol. The van der Waals surface area contributed by atoms with Crippen LogP contribution in [0.4, 0.5) is 5.69 Å². The summed E-state index contributed by atoms with van der Waals surface area (Å²) in [5.74, 6) is 0.523. The summed E-state index contributed by atoms with van der Waals surface area (Å²) >= 11 is 6.31.